The van der Waals surface area contributed by atoms with E-state index in [-0.39, 0.29) is 29.6 Å². The number of pyridine rings is 1. The van der Waals surface area contributed by atoms with E-state index in [4.69, 9.17) is 0 Å². The first-order valence-electron chi connectivity index (χ1n) is 9.21. The van der Waals surface area contributed by atoms with Crippen LogP contribution in [-0.2, 0) is 12.7 Å². The van der Waals surface area contributed by atoms with Crippen molar-refractivity contribution >= 4 is 17.5 Å². The normalized spacial score (nSPS) is 12.3. The molecule has 0 fully saturated rings. The lowest BCUT2D eigenvalue weighted by atomic mass is 10.1. The largest absolute Gasteiger partial charge is 0.452 e. The highest BCUT2D eigenvalue weighted by molar-refractivity contribution is 6.03. The summed E-state index contributed by atoms with van der Waals surface area (Å²) in [5.41, 5.74) is -0.574. The first-order valence-corrected chi connectivity index (χ1v) is 9.21. The summed E-state index contributed by atoms with van der Waals surface area (Å²) in [6.07, 6.45) is -7.23. The van der Waals surface area contributed by atoms with E-state index >= 15 is 0 Å². The number of alkyl halides is 6. The van der Waals surface area contributed by atoms with Gasteiger partial charge in [0.05, 0.1) is 11.8 Å². The zero-order chi connectivity index (χ0) is 24.0. The molecule has 174 valence electrons. The van der Waals surface area contributed by atoms with E-state index in [9.17, 15) is 31.1 Å². The molecule has 3 aromatic rings. The molecule has 13 heteroatoms. The fourth-order valence-electron chi connectivity index (χ4n) is 2.50. The van der Waals surface area contributed by atoms with E-state index in [1.54, 1.807) is 0 Å². The fourth-order valence-corrected chi connectivity index (χ4v) is 2.50. The van der Waals surface area contributed by atoms with Gasteiger partial charge in [0.25, 0.3) is 12.3 Å². The Bertz CT molecular complexity index is 1090. The maximum absolute atomic E-state index is 13.2. The second-order valence-electron chi connectivity index (χ2n) is 6.44. The van der Waals surface area contributed by atoms with Crippen LogP contribution in [0, 0.1) is 0 Å². The zero-order valence-electron chi connectivity index (χ0n) is 16.5. The van der Waals surface area contributed by atoms with Crippen molar-refractivity contribution in [3.63, 3.8) is 0 Å². The van der Waals surface area contributed by atoms with Gasteiger partial charge in [-0.05, 0) is 23.8 Å². The second-order valence-corrected chi connectivity index (χ2v) is 6.44. The van der Waals surface area contributed by atoms with Crippen LogP contribution in [0.5, 0.6) is 5.75 Å². The van der Waals surface area contributed by atoms with E-state index in [2.05, 4.69) is 30.3 Å². The first-order chi connectivity index (χ1) is 15.6. The summed E-state index contributed by atoms with van der Waals surface area (Å²) in [7, 11) is 0. The Kier molecular flexibility index (Phi) is 7.30. The number of anilines is 2. The van der Waals surface area contributed by atoms with Gasteiger partial charge in [0.2, 0.25) is 5.95 Å². The number of rotatable bonds is 8. The molecule has 0 aliphatic rings. The Labute approximate surface area is 182 Å². The molecule has 1 aromatic carbocycles. The van der Waals surface area contributed by atoms with Gasteiger partial charge in [0.15, 0.2) is 0 Å². The molecule has 0 aliphatic heterocycles. The van der Waals surface area contributed by atoms with Gasteiger partial charge in [-0.1, -0.05) is 12.1 Å². The summed E-state index contributed by atoms with van der Waals surface area (Å²) in [6, 6.07) is 6.80. The Hall–Kier alpha value is -3.90. The van der Waals surface area contributed by atoms with Crippen molar-refractivity contribution in [3.05, 3.63) is 71.8 Å². The van der Waals surface area contributed by atoms with Crippen LogP contribution in [0.1, 0.15) is 21.6 Å². The van der Waals surface area contributed by atoms with Crippen LogP contribution in [0.2, 0.25) is 0 Å². The maximum atomic E-state index is 13.2. The molecule has 0 aliphatic carbocycles. The minimum Gasteiger partial charge on any atom is -0.452 e. The highest BCUT2D eigenvalue weighted by atomic mass is 19.4. The summed E-state index contributed by atoms with van der Waals surface area (Å²) >= 11 is 0. The van der Waals surface area contributed by atoms with Crippen LogP contribution in [-0.4, -0.2) is 33.6 Å². The van der Waals surface area contributed by atoms with E-state index in [1.807, 2.05) is 0 Å². The van der Waals surface area contributed by atoms with Crippen molar-refractivity contribution in [2.75, 3.05) is 10.6 Å². The van der Waals surface area contributed by atoms with Crippen LogP contribution in [0.4, 0.5) is 38.0 Å². The van der Waals surface area contributed by atoms with E-state index in [0.717, 1.165) is 30.6 Å². The molecule has 2 aromatic heterocycles. The number of benzene rings is 1. The molecule has 7 nitrogen and oxygen atoms in total. The fraction of sp³-hybridized carbons (Fsp3) is 0.200. The molecule has 2 heterocycles. The van der Waals surface area contributed by atoms with Crippen LogP contribution in [0.3, 0.4) is 0 Å². The summed E-state index contributed by atoms with van der Waals surface area (Å²) in [4.78, 5) is 24.1. The lowest BCUT2D eigenvalue weighted by Crippen LogP contribution is -2.21. The van der Waals surface area contributed by atoms with Crippen molar-refractivity contribution < 1.29 is 35.9 Å². The molecule has 3 rings (SSSR count). The van der Waals surface area contributed by atoms with Gasteiger partial charge < -0.3 is 15.4 Å². The number of aromatic nitrogens is 3. The molecule has 0 radical (unpaired) electrons. The van der Waals surface area contributed by atoms with E-state index < -0.39 is 30.4 Å². The molecule has 0 spiro atoms. The minimum absolute atomic E-state index is 0.00623. The lowest BCUT2D eigenvalue weighted by Gasteiger charge is -2.14. The van der Waals surface area contributed by atoms with Gasteiger partial charge in [-0.3, -0.25) is 9.78 Å². The number of halogens is 6. The predicted octanol–water partition coefficient (Wildman–Crippen LogP) is 4.69. The third kappa shape index (κ3) is 6.54. The number of amides is 1. The monoisotopic (exact) mass is 471 g/mol. The van der Waals surface area contributed by atoms with Crippen LogP contribution in [0.25, 0.3) is 0 Å². The first kappa shape index (κ1) is 23.8. The number of ether oxygens (including phenoxy) is 1. The molecular formula is C20H15F6N5O2. The average molecular weight is 471 g/mol. The second kappa shape index (κ2) is 10.1. The van der Waals surface area contributed by atoms with Crippen LogP contribution < -0.4 is 15.4 Å². The van der Waals surface area contributed by atoms with Crippen LogP contribution >= 0.6 is 0 Å². The molecule has 2 N–H and O–H groups in total. The Morgan fingerprint density at radius 2 is 1.76 bits per heavy atom. The standard InChI is InChI=1S/C20H15F6N5O2/c21-16(22)17(23)33-15-6-7-27-10-14(15)30-18(32)13-5-8-28-19(31-13)29-9-11-1-3-12(4-2-11)20(24,25)26/h1-8,10,16-17H,9H2,(H,30,32)(H,28,29,31). The minimum atomic E-state index is -4.44. The number of hydrogen-bond acceptors (Lipinski definition) is 6. The average Bonchev–Trinajstić information content (AvgIpc) is 2.78. The molecule has 0 saturated carbocycles. The smallest absolute Gasteiger partial charge is 0.416 e. The molecule has 1 atom stereocenters. The predicted molar refractivity (Wildman–Crippen MR) is 105 cm³/mol. The van der Waals surface area contributed by atoms with Crippen molar-refractivity contribution in [1.82, 2.24) is 15.0 Å². The van der Waals surface area contributed by atoms with Crippen molar-refractivity contribution in [2.45, 2.75) is 25.5 Å². The molecule has 0 bridgehead atoms. The van der Waals surface area contributed by atoms with Gasteiger partial charge >= 0.3 is 12.6 Å². The topological polar surface area (TPSA) is 89.0 Å². The zero-order valence-corrected chi connectivity index (χ0v) is 16.5. The van der Waals surface area contributed by atoms with E-state index in [0.29, 0.717) is 5.56 Å². The summed E-state index contributed by atoms with van der Waals surface area (Å²) in [6.45, 7) is 0.0787. The lowest BCUT2D eigenvalue weighted by molar-refractivity contribution is -0.137. The van der Waals surface area contributed by atoms with Crippen molar-refractivity contribution in [1.29, 1.82) is 0 Å². The molecule has 0 saturated heterocycles. The van der Waals surface area contributed by atoms with Gasteiger partial charge in [0, 0.05) is 25.0 Å². The SMILES string of the molecule is O=C(Nc1cnccc1OC(F)C(F)F)c1ccnc(NCc2ccc(C(F)(F)F)cc2)n1. The van der Waals surface area contributed by atoms with Crippen LogP contribution in [0.15, 0.2) is 55.0 Å². The molecule has 1 amide bonds. The molecule has 33 heavy (non-hydrogen) atoms. The number of nitrogens with zero attached hydrogens (tertiary/aromatic N) is 3. The summed E-state index contributed by atoms with van der Waals surface area (Å²) < 4.78 is 80.4. The maximum Gasteiger partial charge on any atom is 0.416 e. The third-order valence-corrected chi connectivity index (χ3v) is 4.09. The van der Waals surface area contributed by atoms with Gasteiger partial charge in [-0.2, -0.15) is 17.6 Å². The van der Waals surface area contributed by atoms with E-state index in [1.165, 1.54) is 24.4 Å². The van der Waals surface area contributed by atoms with Gasteiger partial charge in [0.1, 0.15) is 17.1 Å². The summed E-state index contributed by atoms with van der Waals surface area (Å²) in [5, 5.41) is 5.10. The highest BCUT2D eigenvalue weighted by Crippen LogP contribution is 2.29. The molecule has 1 unspecified atom stereocenters. The third-order valence-electron chi connectivity index (χ3n) is 4.09. The Morgan fingerprint density at radius 1 is 1.03 bits per heavy atom. The van der Waals surface area contributed by atoms with Gasteiger partial charge in [-0.25, -0.2) is 18.7 Å². The Morgan fingerprint density at radius 3 is 2.42 bits per heavy atom. The summed E-state index contributed by atoms with van der Waals surface area (Å²) in [5.74, 6) is -1.15. The van der Waals surface area contributed by atoms with Crippen molar-refractivity contribution in [2.24, 2.45) is 0 Å². The number of hydrogen-bond donors (Lipinski definition) is 2. The number of carbonyl (C=O) groups is 1. The molecular weight excluding hydrogens is 456 g/mol. The Balaban J connectivity index is 1.66. The quantitative estimate of drug-likeness (QED) is 0.464. The van der Waals surface area contributed by atoms with Gasteiger partial charge in [-0.15, -0.1) is 0 Å². The number of carbonyl (C=O) groups excluding carboxylic acids is 1. The van der Waals surface area contributed by atoms with Crippen molar-refractivity contribution in [3.8, 4) is 5.75 Å². The number of nitrogens with one attached hydrogen (secondary N) is 2. The highest BCUT2D eigenvalue weighted by Gasteiger charge is 2.29.